The van der Waals surface area contributed by atoms with E-state index in [1.54, 1.807) is 12.1 Å². The second-order valence-electron chi connectivity index (χ2n) is 8.56. The van der Waals surface area contributed by atoms with Gasteiger partial charge in [0, 0.05) is 37.3 Å². The minimum absolute atomic E-state index is 0.0298. The van der Waals surface area contributed by atoms with Gasteiger partial charge < -0.3 is 15.1 Å². The second-order valence-corrected chi connectivity index (χ2v) is 9.37. The Morgan fingerprint density at radius 3 is 2.00 bits per heavy atom. The number of anilines is 2. The number of rotatable bonds is 4. The lowest BCUT2D eigenvalue weighted by molar-refractivity contribution is 0.0746. The van der Waals surface area contributed by atoms with Crippen molar-refractivity contribution in [3.05, 3.63) is 94.0 Å². The molecule has 1 heterocycles. The van der Waals surface area contributed by atoms with Crippen LogP contribution in [0.15, 0.2) is 66.7 Å². The van der Waals surface area contributed by atoms with E-state index in [2.05, 4.69) is 15.5 Å². The van der Waals surface area contributed by atoms with Gasteiger partial charge >= 0.3 is 0 Å². The van der Waals surface area contributed by atoms with Gasteiger partial charge in [0.2, 0.25) is 0 Å². The number of benzene rings is 3. The van der Waals surface area contributed by atoms with Gasteiger partial charge in [-0.3, -0.25) is 14.9 Å². The number of carbonyl (C=O) groups is 2. The summed E-state index contributed by atoms with van der Waals surface area (Å²) >= 11 is 12.0. The number of amides is 2. The Morgan fingerprint density at radius 1 is 0.829 bits per heavy atom. The van der Waals surface area contributed by atoms with E-state index in [-0.39, 0.29) is 16.9 Å². The zero-order valence-electron chi connectivity index (χ0n) is 19.7. The molecule has 35 heavy (non-hydrogen) atoms. The van der Waals surface area contributed by atoms with Crippen molar-refractivity contribution < 1.29 is 9.59 Å². The van der Waals surface area contributed by atoms with Gasteiger partial charge in [-0.05, 0) is 62.5 Å². The van der Waals surface area contributed by atoms with Crippen LogP contribution in [0.3, 0.4) is 0 Å². The maximum absolute atomic E-state index is 12.9. The maximum atomic E-state index is 12.9. The molecule has 0 bridgehead atoms. The number of nitrogens with zero attached hydrogens (tertiary/aromatic N) is 2. The molecule has 1 fully saturated rings. The standard InChI is InChI=1S/C27H27ClN4O2S/c1-18-6-10-20(11-7-18)25(33)30-27(35)29-23-5-3-4-22(28)24(23)31-14-16-32(17-15-31)26(34)21-12-8-19(2)9-13-21/h3-13H,14-17H2,1-2H3,(H2,29,30,33,35). The molecular weight excluding hydrogens is 480 g/mol. The van der Waals surface area contributed by atoms with Crippen LogP contribution in [-0.2, 0) is 0 Å². The molecule has 0 radical (unpaired) electrons. The van der Waals surface area contributed by atoms with E-state index in [4.69, 9.17) is 23.8 Å². The van der Waals surface area contributed by atoms with E-state index in [0.29, 0.717) is 48.0 Å². The average molecular weight is 507 g/mol. The molecule has 4 rings (SSSR count). The first-order valence-electron chi connectivity index (χ1n) is 11.4. The molecule has 1 aliphatic heterocycles. The quantitative estimate of drug-likeness (QED) is 0.485. The molecule has 3 aromatic rings. The molecular formula is C27H27ClN4O2S. The van der Waals surface area contributed by atoms with Gasteiger partial charge in [0.05, 0.1) is 16.4 Å². The lowest BCUT2D eigenvalue weighted by atomic mass is 10.1. The van der Waals surface area contributed by atoms with Crippen molar-refractivity contribution in [1.82, 2.24) is 10.2 Å². The van der Waals surface area contributed by atoms with Crippen molar-refractivity contribution >= 4 is 52.1 Å². The van der Waals surface area contributed by atoms with Crippen LogP contribution in [0.5, 0.6) is 0 Å². The van der Waals surface area contributed by atoms with Gasteiger partial charge in [0.25, 0.3) is 11.8 Å². The molecule has 2 amide bonds. The smallest absolute Gasteiger partial charge is 0.257 e. The Bertz CT molecular complexity index is 1240. The van der Waals surface area contributed by atoms with E-state index in [0.717, 1.165) is 16.8 Å². The van der Waals surface area contributed by atoms with Crippen LogP contribution in [0.1, 0.15) is 31.8 Å². The van der Waals surface area contributed by atoms with Gasteiger partial charge in [0.15, 0.2) is 5.11 Å². The van der Waals surface area contributed by atoms with Gasteiger partial charge in [-0.1, -0.05) is 53.1 Å². The summed E-state index contributed by atoms with van der Waals surface area (Å²) in [5, 5.41) is 6.60. The number of hydrogen-bond donors (Lipinski definition) is 2. The van der Waals surface area contributed by atoms with Crippen LogP contribution < -0.4 is 15.5 Å². The number of piperazine rings is 1. The lowest BCUT2D eigenvalue weighted by Crippen LogP contribution is -2.49. The van der Waals surface area contributed by atoms with Crippen LogP contribution in [0.25, 0.3) is 0 Å². The minimum Gasteiger partial charge on any atom is -0.365 e. The Hall–Kier alpha value is -3.42. The SMILES string of the molecule is Cc1ccc(C(=O)NC(=S)Nc2cccc(Cl)c2N2CCN(C(=O)c3ccc(C)cc3)CC2)cc1. The topological polar surface area (TPSA) is 64.7 Å². The van der Waals surface area contributed by atoms with Crippen LogP contribution in [0, 0.1) is 13.8 Å². The van der Waals surface area contributed by atoms with Gasteiger partial charge in [-0.25, -0.2) is 0 Å². The summed E-state index contributed by atoms with van der Waals surface area (Å²) in [6.45, 7) is 6.36. The van der Waals surface area contributed by atoms with Crippen molar-refractivity contribution in [3.63, 3.8) is 0 Å². The number of nitrogens with one attached hydrogen (secondary N) is 2. The summed E-state index contributed by atoms with van der Waals surface area (Å²) in [5.74, 6) is -0.253. The molecule has 0 aromatic heterocycles. The normalized spacial score (nSPS) is 13.3. The van der Waals surface area contributed by atoms with Crippen molar-refractivity contribution in [1.29, 1.82) is 0 Å². The zero-order valence-corrected chi connectivity index (χ0v) is 21.2. The van der Waals surface area contributed by atoms with Crippen LogP contribution in [-0.4, -0.2) is 48.0 Å². The summed E-state index contributed by atoms with van der Waals surface area (Å²) in [5.41, 5.74) is 4.91. The number of halogens is 1. The highest BCUT2D eigenvalue weighted by Crippen LogP contribution is 2.34. The maximum Gasteiger partial charge on any atom is 0.257 e. The number of para-hydroxylation sites is 1. The van der Waals surface area contributed by atoms with E-state index < -0.39 is 0 Å². The zero-order chi connectivity index (χ0) is 24.9. The number of hydrogen-bond acceptors (Lipinski definition) is 4. The third-order valence-corrected chi connectivity index (χ3v) is 6.47. The monoisotopic (exact) mass is 506 g/mol. The van der Waals surface area contributed by atoms with Crippen LogP contribution >= 0.6 is 23.8 Å². The highest BCUT2D eigenvalue weighted by Gasteiger charge is 2.25. The first-order valence-corrected chi connectivity index (χ1v) is 12.2. The number of thiocarbonyl (C=S) groups is 1. The van der Waals surface area contributed by atoms with Crippen molar-refractivity contribution in [3.8, 4) is 0 Å². The fourth-order valence-corrected chi connectivity index (χ4v) is 4.48. The van der Waals surface area contributed by atoms with Crippen molar-refractivity contribution in [2.75, 3.05) is 36.4 Å². The molecule has 0 unspecified atom stereocenters. The summed E-state index contributed by atoms with van der Waals surface area (Å²) in [7, 11) is 0. The highest BCUT2D eigenvalue weighted by molar-refractivity contribution is 7.80. The van der Waals surface area contributed by atoms with Crippen molar-refractivity contribution in [2.45, 2.75) is 13.8 Å². The highest BCUT2D eigenvalue weighted by atomic mass is 35.5. The number of carbonyl (C=O) groups excluding carboxylic acids is 2. The average Bonchev–Trinajstić information content (AvgIpc) is 2.85. The van der Waals surface area contributed by atoms with E-state index in [9.17, 15) is 9.59 Å². The lowest BCUT2D eigenvalue weighted by Gasteiger charge is -2.37. The van der Waals surface area contributed by atoms with E-state index in [1.807, 2.05) is 73.3 Å². The summed E-state index contributed by atoms with van der Waals surface area (Å²) in [6.07, 6.45) is 0. The first-order chi connectivity index (χ1) is 16.8. The summed E-state index contributed by atoms with van der Waals surface area (Å²) < 4.78 is 0. The van der Waals surface area contributed by atoms with Gasteiger partial charge in [-0.2, -0.15) is 0 Å². The van der Waals surface area contributed by atoms with E-state index in [1.165, 1.54) is 0 Å². The molecule has 0 aliphatic carbocycles. The van der Waals surface area contributed by atoms with Gasteiger partial charge in [0.1, 0.15) is 0 Å². The Balaban J connectivity index is 1.41. The Morgan fingerprint density at radius 2 is 1.40 bits per heavy atom. The molecule has 8 heteroatoms. The molecule has 6 nitrogen and oxygen atoms in total. The summed E-state index contributed by atoms with van der Waals surface area (Å²) in [6, 6.07) is 20.4. The molecule has 1 saturated heterocycles. The van der Waals surface area contributed by atoms with E-state index >= 15 is 0 Å². The van der Waals surface area contributed by atoms with Gasteiger partial charge in [-0.15, -0.1) is 0 Å². The van der Waals surface area contributed by atoms with Crippen LogP contribution in [0.4, 0.5) is 11.4 Å². The largest absolute Gasteiger partial charge is 0.365 e. The molecule has 0 saturated carbocycles. The summed E-state index contributed by atoms with van der Waals surface area (Å²) in [4.78, 5) is 29.4. The third-order valence-electron chi connectivity index (χ3n) is 5.96. The first kappa shape index (κ1) is 24.7. The minimum atomic E-state index is -0.283. The second kappa shape index (κ2) is 10.9. The Kier molecular flexibility index (Phi) is 7.68. The fourth-order valence-electron chi connectivity index (χ4n) is 3.98. The Labute approximate surface area is 215 Å². The third kappa shape index (κ3) is 5.99. The van der Waals surface area contributed by atoms with Crippen LogP contribution in [0.2, 0.25) is 5.02 Å². The predicted molar refractivity (Wildman–Crippen MR) is 146 cm³/mol. The predicted octanol–water partition coefficient (Wildman–Crippen LogP) is 5.05. The molecule has 1 aliphatic rings. The fraction of sp³-hybridized carbons (Fsp3) is 0.222. The molecule has 180 valence electrons. The number of aryl methyl sites for hydroxylation is 2. The molecule has 0 spiro atoms. The molecule has 3 aromatic carbocycles. The molecule has 0 atom stereocenters. The molecule has 2 N–H and O–H groups in total. The van der Waals surface area contributed by atoms with Crippen molar-refractivity contribution in [2.24, 2.45) is 0 Å².